The second-order valence-corrected chi connectivity index (χ2v) is 7.33. The normalized spacial score (nSPS) is 20.3. The standard InChI is InChI=1S/C19H25N7O2/c1-15-6-3-5-9-25(15)19-17(26(27)28)18(21-14-22-19)24-12-10-23(11-13-24)16-7-2-4-8-20-16/h2,4,7-8,14-15H,3,5-6,9-13H2,1H3. The highest BCUT2D eigenvalue weighted by Gasteiger charge is 2.33. The van der Waals surface area contributed by atoms with Gasteiger partial charge >= 0.3 is 5.69 Å². The van der Waals surface area contributed by atoms with E-state index in [1.807, 2.05) is 23.1 Å². The molecule has 9 nitrogen and oxygen atoms in total. The molecule has 0 bridgehead atoms. The molecule has 2 saturated heterocycles. The predicted octanol–water partition coefficient (Wildman–Crippen LogP) is 2.49. The van der Waals surface area contributed by atoms with Gasteiger partial charge in [0.1, 0.15) is 12.1 Å². The van der Waals surface area contributed by atoms with E-state index in [4.69, 9.17) is 0 Å². The molecule has 9 heteroatoms. The van der Waals surface area contributed by atoms with Crippen LogP contribution in [-0.4, -0.2) is 58.6 Å². The number of aromatic nitrogens is 3. The van der Waals surface area contributed by atoms with E-state index in [2.05, 4.69) is 31.7 Å². The van der Waals surface area contributed by atoms with Crippen molar-refractivity contribution in [1.29, 1.82) is 0 Å². The van der Waals surface area contributed by atoms with Crippen LogP contribution in [0.3, 0.4) is 0 Å². The van der Waals surface area contributed by atoms with Crippen LogP contribution in [0.4, 0.5) is 23.1 Å². The van der Waals surface area contributed by atoms with Crippen LogP contribution in [0.2, 0.25) is 0 Å². The van der Waals surface area contributed by atoms with Gasteiger partial charge in [0.2, 0.25) is 11.6 Å². The summed E-state index contributed by atoms with van der Waals surface area (Å²) in [5.41, 5.74) is 0.0301. The van der Waals surface area contributed by atoms with Crippen LogP contribution in [0, 0.1) is 10.1 Å². The summed E-state index contributed by atoms with van der Waals surface area (Å²) in [4.78, 5) is 30.9. The maximum atomic E-state index is 12.0. The average molecular weight is 383 g/mol. The lowest BCUT2D eigenvalue weighted by atomic mass is 10.0. The molecule has 0 radical (unpaired) electrons. The molecule has 0 aromatic carbocycles. The largest absolute Gasteiger partial charge is 0.353 e. The number of rotatable bonds is 4. The van der Waals surface area contributed by atoms with Crippen LogP contribution in [-0.2, 0) is 0 Å². The van der Waals surface area contributed by atoms with Gasteiger partial charge in [-0.25, -0.2) is 15.0 Å². The predicted molar refractivity (Wildman–Crippen MR) is 108 cm³/mol. The van der Waals surface area contributed by atoms with E-state index in [-0.39, 0.29) is 16.7 Å². The molecule has 2 aromatic rings. The molecule has 4 heterocycles. The van der Waals surface area contributed by atoms with Crippen molar-refractivity contribution in [3.63, 3.8) is 0 Å². The Morgan fingerprint density at radius 3 is 2.43 bits per heavy atom. The van der Waals surface area contributed by atoms with Crippen molar-refractivity contribution in [1.82, 2.24) is 15.0 Å². The molecule has 28 heavy (non-hydrogen) atoms. The number of anilines is 3. The van der Waals surface area contributed by atoms with Crippen LogP contribution < -0.4 is 14.7 Å². The van der Waals surface area contributed by atoms with Crippen molar-refractivity contribution in [3.05, 3.63) is 40.8 Å². The summed E-state index contributed by atoms with van der Waals surface area (Å²) >= 11 is 0. The summed E-state index contributed by atoms with van der Waals surface area (Å²) in [5.74, 6) is 1.81. The van der Waals surface area contributed by atoms with Gasteiger partial charge in [-0.15, -0.1) is 0 Å². The van der Waals surface area contributed by atoms with Crippen molar-refractivity contribution in [3.8, 4) is 0 Å². The smallest absolute Gasteiger partial charge is 0.353 e. The first kappa shape index (κ1) is 18.4. The van der Waals surface area contributed by atoms with E-state index in [0.29, 0.717) is 24.7 Å². The zero-order valence-corrected chi connectivity index (χ0v) is 16.1. The highest BCUT2D eigenvalue weighted by atomic mass is 16.6. The molecular formula is C19H25N7O2. The number of piperidine rings is 1. The van der Waals surface area contributed by atoms with Gasteiger partial charge in [-0.2, -0.15) is 0 Å². The Bertz CT molecular complexity index is 824. The Labute approximate surface area is 164 Å². The fourth-order valence-electron chi connectivity index (χ4n) is 4.07. The van der Waals surface area contributed by atoms with E-state index < -0.39 is 0 Å². The van der Waals surface area contributed by atoms with Crippen molar-refractivity contribution in [2.24, 2.45) is 0 Å². The number of hydrogen-bond donors (Lipinski definition) is 0. The third kappa shape index (κ3) is 3.56. The zero-order chi connectivity index (χ0) is 19.5. The van der Waals surface area contributed by atoms with Gasteiger partial charge in [0.05, 0.1) is 4.92 Å². The van der Waals surface area contributed by atoms with Gasteiger partial charge in [-0.1, -0.05) is 6.07 Å². The van der Waals surface area contributed by atoms with Crippen molar-refractivity contribution in [2.45, 2.75) is 32.2 Å². The molecule has 0 amide bonds. The lowest BCUT2D eigenvalue weighted by Crippen LogP contribution is -2.47. The summed E-state index contributed by atoms with van der Waals surface area (Å²) < 4.78 is 0. The van der Waals surface area contributed by atoms with E-state index in [1.54, 1.807) is 6.20 Å². The minimum Gasteiger partial charge on any atom is -0.353 e. The first-order valence-corrected chi connectivity index (χ1v) is 9.82. The Hall–Kier alpha value is -2.97. The maximum absolute atomic E-state index is 12.0. The van der Waals surface area contributed by atoms with Crippen LogP contribution >= 0.6 is 0 Å². The number of nitrogens with zero attached hydrogens (tertiary/aromatic N) is 7. The average Bonchev–Trinajstić information content (AvgIpc) is 2.74. The molecule has 1 unspecified atom stereocenters. The lowest BCUT2D eigenvalue weighted by molar-refractivity contribution is -0.383. The van der Waals surface area contributed by atoms with E-state index in [1.165, 1.54) is 6.33 Å². The molecule has 0 aliphatic carbocycles. The van der Waals surface area contributed by atoms with Gasteiger partial charge in [0.15, 0.2) is 0 Å². The summed E-state index contributed by atoms with van der Waals surface area (Å²) in [5, 5.41) is 12.0. The van der Waals surface area contributed by atoms with E-state index in [0.717, 1.165) is 44.7 Å². The second kappa shape index (κ2) is 7.95. The number of hydrogen-bond acceptors (Lipinski definition) is 8. The number of nitro groups is 1. The minimum atomic E-state index is -0.322. The van der Waals surface area contributed by atoms with Crippen LogP contribution in [0.25, 0.3) is 0 Å². The second-order valence-electron chi connectivity index (χ2n) is 7.33. The number of piperazine rings is 1. The van der Waals surface area contributed by atoms with Gasteiger partial charge in [0, 0.05) is 45.0 Å². The van der Waals surface area contributed by atoms with Crippen molar-refractivity contribution in [2.75, 3.05) is 47.4 Å². The van der Waals surface area contributed by atoms with Gasteiger partial charge in [0.25, 0.3) is 0 Å². The number of pyridine rings is 1. The van der Waals surface area contributed by atoms with Crippen LogP contribution in [0.15, 0.2) is 30.7 Å². The van der Waals surface area contributed by atoms with E-state index >= 15 is 0 Å². The maximum Gasteiger partial charge on any atom is 0.353 e. The lowest BCUT2D eigenvalue weighted by Gasteiger charge is -2.37. The quantitative estimate of drug-likeness (QED) is 0.587. The summed E-state index contributed by atoms with van der Waals surface area (Å²) in [7, 11) is 0. The molecule has 0 spiro atoms. The van der Waals surface area contributed by atoms with Crippen LogP contribution in [0.1, 0.15) is 26.2 Å². The highest BCUT2D eigenvalue weighted by Crippen LogP contribution is 2.37. The molecular weight excluding hydrogens is 358 g/mol. The fourth-order valence-corrected chi connectivity index (χ4v) is 4.07. The molecule has 2 aliphatic rings. The molecule has 1 atom stereocenters. The SMILES string of the molecule is CC1CCCCN1c1ncnc(N2CCN(c3ccccn3)CC2)c1[N+](=O)[O-]. The molecule has 0 N–H and O–H groups in total. The first-order valence-electron chi connectivity index (χ1n) is 9.82. The van der Waals surface area contributed by atoms with Crippen molar-refractivity contribution < 1.29 is 4.92 Å². The fraction of sp³-hybridized carbons (Fsp3) is 0.526. The molecule has 0 saturated carbocycles. The Kier molecular flexibility index (Phi) is 5.23. The zero-order valence-electron chi connectivity index (χ0n) is 16.1. The summed E-state index contributed by atoms with van der Waals surface area (Å²) in [6.07, 6.45) is 6.45. The topological polar surface area (TPSA) is 91.5 Å². The third-order valence-corrected chi connectivity index (χ3v) is 5.59. The van der Waals surface area contributed by atoms with Crippen molar-refractivity contribution >= 4 is 23.1 Å². The Morgan fingerprint density at radius 1 is 1.00 bits per heavy atom. The molecule has 4 rings (SSSR count). The molecule has 2 fully saturated rings. The first-order chi connectivity index (χ1) is 13.6. The summed E-state index contributed by atoms with van der Waals surface area (Å²) in [6, 6.07) is 6.10. The Morgan fingerprint density at radius 2 is 1.75 bits per heavy atom. The summed E-state index contributed by atoms with van der Waals surface area (Å²) in [6.45, 7) is 5.70. The highest BCUT2D eigenvalue weighted by molar-refractivity contribution is 5.72. The van der Waals surface area contributed by atoms with Gasteiger partial charge in [-0.05, 0) is 38.3 Å². The molecule has 148 valence electrons. The Balaban J connectivity index is 1.58. The minimum absolute atomic E-state index is 0.0301. The molecule has 2 aromatic heterocycles. The van der Waals surface area contributed by atoms with Crippen LogP contribution in [0.5, 0.6) is 0 Å². The monoisotopic (exact) mass is 383 g/mol. The van der Waals surface area contributed by atoms with Gasteiger partial charge in [-0.3, -0.25) is 10.1 Å². The van der Waals surface area contributed by atoms with E-state index in [9.17, 15) is 10.1 Å². The molecule has 2 aliphatic heterocycles. The third-order valence-electron chi connectivity index (χ3n) is 5.59. The van der Waals surface area contributed by atoms with Gasteiger partial charge < -0.3 is 14.7 Å².